The lowest BCUT2D eigenvalue weighted by atomic mass is 9.87. The number of rotatable bonds is 7. The van der Waals surface area contributed by atoms with E-state index in [1.807, 2.05) is 60.7 Å². The average molecular weight is 521 g/mol. The highest BCUT2D eigenvalue weighted by molar-refractivity contribution is 6.19. The Bertz CT molecular complexity index is 1240. The molecule has 0 saturated carbocycles. The van der Waals surface area contributed by atoms with Gasteiger partial charge in [0.05, 0.1) is 12.5 Å². The van der Waals surface area contributed by atoms with Crippen LogP contribution in [0.5, 0.6) is 0 Å². The van der Waals surface area contributed by atoms with Crippen molar-refractivity contribution in [1.29, 1.82) is 0 Å². The number of β-lactam (4-membered cyclic amide) rings is 1. The van der Waals surface area contributed by atoms with Crippen LogP contribution < -0.4 is 5.32 Å². The van der Waals surface area contributed by atoms with E-state index < -0.39 is 47.8 Å². The fourth-order valence-electron chi connectivity index (χ4n) is 4.66. The van der Waals surface area contributed by atoms with E-state index in [9.17, 15) is 19.5 Å². The summed E-state index contributed by atoms with van der Waals surface area (Å²) in [6.07, 6.45) is -1.73. The summed E-state index contributed by atoms with van der Waals surface area (Å²) in [5.41, 5.74) is -0.0469. The predicted octanol–water partition coefficient (Wildman–Crippen LogP) is 2.65. The topological polar surface area (TPSA) is 105 Å². The second-order valence-corrected chi connectivity index (χ2v) is 9.31. The van der Waals surface area contributed by atoms with E-state index in [1.54, 1.807) is 30.3 Å². The maximum Gasteiger partial charge on any atom is 0.333 e. The molecule has 0 spiro atoms. The highest BCUT2D eigenvalue weighted by Gasteiger charge is 2.63. The van der Waals surface area contributed by atoms with Gasteiger partial charge in [-0.25, -0.2) is 4.79 Å². The van der Waals surface area contributed by atoms with Crippen molar-refractivity contribution in [3.63, 3.8) is 0 Å². The summed E-state index contributed by atoms with van der Waals surface area (Å²) in [7, 11) is 0. The lowest BCUT2D eigenvalue weighted by Gasteiger charge is -2.56. The number of nitrogens with zero attached hydrogens (tertiary/aromatic N) is 1. The molecule has 0 radical (unpaired) electrons. The standard InChI is InChI=1S/C28H25ClN2O6/c29-16-28(35)17-36-26-21(30-24(32)20-14-8-3-9-15-20)25(33)31(26)23(28)27(34)37-22(18-10-4-1-5-11-18)19-12-6-2-7-13-19/h1-15,21-23,26,35H,16-17H2,(H,30,32)/t21-,23-,26+,28+/m0/s1. The molecule has 2 fully saturated rings. The summed E-state index contributed by atoms with van der Waals surface area (Å²) in [5, 5.41) is 13.9. The SMILES string of the molecule is O=C(N[C@H]1C(=O)N2[C@@H]1OC[C@](O)(CCl)[C@@H]2C(=O)OC(c1ccccc1)c1ccccc1)c1ccccc1. The van der Waals surface area contributed by atoms with E-state index in [-0.39, 0.29) is 12.5 Å². The number of carbonyl (C=O) groups is 3. The molecule has 3 aromatic rings. The van der Waals surface area contributed by atoms with E-state index in [0.29, 0.717) is 5.56 Å². The van der Waals surface area contributed by atoms with E-state index >= 15 is 0 Å². The quantitative estimate of drug-likeness (QED) is 0.282. The molecule has 2 aliphatic rings. The van der Waals surface area contributed by atoms with Crippen molar-refractivity contribution in [2.24, 2.45) is 0 Å². The Morgan fingerprint density at radius 3 is 2.08 bits per heavy atom. The van der Waals surface area contributed by atoms with Crippen LogP contribution in [0.3, 0.4) is 0 Å². The summed E-state index contributed by atoms with van der Waals surface area (Å²) < 4.78 is 11.7. The van der Waals surface area contributed by atoms with Crippen LogP contribution in [0, 0.1) is 0 Å². The second kappa shape index (κ2) is 10.3. The van der Waals surface area contributed by atoms with Gasteiger partial charge in [0, 0.05) is 5.56 Å². The number of hydrogen-bond donors (Lipinski definition) is 2. The molecular weight excluding hydrogens is 496 g/mol. The predicted molar refractivity (Wildman–Crippen MR) is 135 cm³/mol. The van der Waals surface area contributed by atoms with Gasteiger partial charge < -0.3 is 19.9 Å². The van der Waals surface area contributed by atoms with Crippen LogP contribution in [0.1, 0.15) is 27.6 Å². The first-order valence-corrected chi connectivity index (χ1v) is 12.3. The van der Waals surface area contributed by atoms with Gasteiger partial charge >= 0.3 is 5.97 Å². The minimum absolute atomic E-state index is 0.316. The number of hydrogen-bond acceptors (Lipinski definition) is 6. The van der Waals surface area contributed by atoms with Crippen LogP contribution in [0.25, 0.3) is 0 Å². The van der Waals surface area contributed by atoms with Crippen LogP contribution in [-0.2, 0) is 19.1 Å². The molecule has 2 amide bonds. The molecule has 4 atom stereocenters. The molecule has 9 heteroatoms. The smallest absolute Gasteiger partial charge is 0.333 e. The number of amides is 2. The Morgan fingerprint density at radius 2 is 1.54 bits per heavy atom. The van der Waals surface area contributed by atoms with E-state index in [2.05, 4.69) is 5.32 Å². The molecular formula is C28H25ClN2O6. The van der Waals surface area contributed by atoms with Crippen LogP contribution in [-0.4, -0.2) is 64.2 Å². The number of carbonyl (C=O) groups excluding carboxylic acids is 3. The van der Waals surface area contributed by atoms with Crippen molar-refractivity contribution in [3.8, 4) is 0 Å². The largest absolute Gasteiger partial charge is 0.451 e. The normalized spacial score (nSPS) is 24.7. The maximum atomic E-state index is 13.6. The van der Waals surface area contributed by atoms with Crippen LogP contribution in [0.15, 0.2) is 91.0 Å². The number of aliphatic hydroxyl groups is 1. The Kier molecular flexibility index (Phi) is 6.97. The Morgan fingerprint density at radius 1 is 1.00 bits per heavy atom. The number of nitrogens with one attached hydrogen (secondary N) is 1. The number of alkyl halides is 1. The van der Waals surface area contributed by atoms with Crippen molar-refractivity contribution in [2.75, 3.05) is 12.5 Å². The van der Waals surface area contributed by atoms with Crippen molar-refractivity contribution in [1.82, 2.24) is 10.2 Å². The highest BCUT2D eigenvalue weighted by Crippen LogP contribution is 2.38. The first-order valence-electron chi connectivity index (χ1n) is 11.8. The van der Waals surface area contributed by atoms with E-state index in [0.717, 1.165) is 16.0 Å². The third-order valence-electron chi connectivity index (χ3n) is 6.59. The molecule has 0 aliphatic carbocycles. The number of halogens is 1. The van der Waals surface area contributed by atoms with Gasteiger partial charge in [-0.15, -0.1) is 11.6 Å². The van der Waals surface area contributed by atoms with Gasteiger partial charge in [0.15, 0.2) is 24.4 Å². The van der Waals surface area contributed by atoms with Crippen molar-refractivity contribution < 1.29 is 29.0 Å². The Hall–Kier alpha value is -3.72. The first-order chi connectivity index (χ1) is 17.9. The van der Waals surface area contributed by atoms with Gasteiger partial charge in [-0.2, -0.15) is 0 Å². The van der Waals surface area contributed by atoms with Gasteiger partial charge in [0.2, 0.25) is 0 Å². The van der Waals surface area contributed by atoms with Crippen molar-refractivity contribution in [3.05, 3.63) is 108 Å². The third kappa shape index (κ3) is 4.71. The fraction of sp³-hybridized carbons (Fsp3) is 0.250. The lowest BCUT2D eigenvalue weighted by molar-refractivity contribution is -0.253. The molecule has 5 rings (SSSR count). The van der Waals surface area contributed by atoms with Crippen LogP contribution in [0.2, 0.25) is 0 Å². The third-order valence-corrected chi connectivity index (χ3v) is 7.05. The minimum atomic E-state index is -1.88. The van der Waals surface area contributed by atoms with Gasteiger partial charge in [-0.1, -0.05) is 78.9 Å². The zero-order valence-electron chi connectivity index (χ0n) is 19.7. The van der Waals surface area contributed by atoms with Gasteiger partial charge in [0.25, 0.3) is 11.8 Å². The zero-order valence-corrected chi connectivity index (χ0v) is 20.5. The maximum absolute atomic E-state index is 13.6. The molecule has 3 aromatic carbocycles. The summed E-state index contributed by atoms with van der Waals surface area (Å²) in [4.78, 5) is 40.5. The molecule has 2 heterocycles. The van der Waals surface area contributed by atoms with Crippen molar-refractivity contribution >= 4 is 29.4 Å². The first kappa shape index (κ1) is 25.0. The second-order valence-electron chi connectivity index (χ2n) is 9.04. The van der Waals surface area contributed by atoms with Gasteiger partial charge in [-0.05, 0) is 23.3 Å². The number of benzene rings is 3. The van der Waals surface area contributed by atoms with Gasteiger partial charge in [0.1, 0.15) is 5.60 Å². The molecule has 2 aliphatic heterocycles. The summed E-state index contributed by atoms with van der Waals surface area (Å²) in [6.45, 7) is -0.316. The van der Waals surface area contributed by atoms with E-state index in [1.165, 1.54) is 0 Å². The fourth-order valence-corrected chi connectivity index (χ4v) is 4.88. The Labute approximate surface area is 218 Å². The molecule has 2 N–H and O–H groups in total. The Balaban J connectivity index is 1.39. The summed E-state index contributed by atoms with van der Waals surface area (Å²) in [5.74, 6) is -2.22. The van der Waals surface area contributed by atoms with Crippen LogP contribution in [0.4, 0.5) is 0 Å². The number of esters is 1. The zero-order chi connectivity index (χ0) is 26.0. The number of ether oxygens (including phenoxy) is 2. The monoisotopic (exact) mass is 520 g/mol. The van der Waals surface area contributed by atoms with E-state index in [4.69, 9.17) is 21.1 Å². The highest BCUT2D eigenvalue weighted by atomic mass is 35.5. The minimum Gasteiger partial charge on any atom is -0.451 e. The molecule has 2 saturated heterocycles. The molecule has 0 unspecified atom stereocenters. The molecule has 8 nitrogen and oxygen atoms in total. The summed E-state index contributed by atoms with van der Waals surface area (Å²) >= 11 is 6.07. The molecule has 0 bridgehead atoms. The molecule has 190 valence electrons. The molecule has 0 aromatic heterocycles. The summed E-state index contributed by atoms with van der Waals surface area (Å²) in [6, 6.07) is 24.4. The van der Waals surface area contributed by atoms with Crippen molar-refractivity contribution in [2.45, 2.75) is 30.0 Å². The lowest BCUT2D eigenvalue weighted by Crippen LogP contribution is -2.82. The van der Waals surface area contributed by atoms with Crippen LogP contribution >= 0.6 is 11.6 Å². The molecule has 37 heavy (non-hydrogen) atoms. The van der Waals surface area contributed by atoms with Gasteiger partial charge in [-0.3, -0.25) is 14.5 Å². The average Bonchev–Trinajstić information content (AvgIpc) is 2.95. The number of fused-ring (bicyclic) bond motifs is 1.